The van der Waals surface area contributed by atoms with Crippen molar-refractivity contribution in [2.45, 2.75) is 36.4 Å². The molecule has 1 aromatic carbocycles. The van der Waals surface area contributed by atoms with Gasteiger partial charge in [0.2, 0.25) is 0 Å². The van der Waals surface area contributed by atoms with Crippen LogP contribution in [0.15, 0.2) is 24.3 Å². The minimum Gasteiger partial charge on any atom is -0.406 e. The van der Waals surface area contributed by atoms with E-state index >= 15 is 0 Å². The number of alkyl halides is 4. The molecule has 1 fully saturated rings. The van der Waals surface area contributed by atoms with Gasteiger partial charge in [-0.3, -0.25) is 0 Å². The van der Waals surface area contributed by atoms with E-state index in [0.29, 0.717) is 4.83 Å². The summed E-state index contributed by atoms with van der Waals surface area (Å²) in [5, 5.41) is 0. The third-order valence-electron chi connectivity index (χ3n) is 2.95. The molecule has 0 spiro atoms. The van der Waals surface area contributed by atoms with Crippen molar-refractivity contribution in [3.63, 3.8) is 0 Å². The second-order valence-electron chi connectivity index (χ2n) is 4.17. The number of halogens is 4. The normalized spacial score (nSPS) is 24.9. The maximum absolute atomic E-state index is 12.1. The van der Waals surface area contributed by atoms with E-state index < -0.39 is 6.36 Å². The van der Waals surface area contributed by atoms with Crippen LogP contribution in [0.4, 0.5) is 13.2 Å². The standard InChI is InChI=1S/C12H12BrF3O/c13-11-6-2-5-10(11)8-3-1-4-9(7-8)17-12(14,15)16/h1,3-4,7,10-11H,2,5-6H2. The molecule has 0 N–H and O–H groups in total. The molecule has 1 nitrogen and oxygen atoms in total. The van der Waals surface area contributed by atoms with Gasteiger partial charge in [-0.2, -0.15) is 0 Å². The van der Waals surface area contributed by atoms with Gasteiger partial charge < -0.3 is 4.74 Å². The summed E-state index contributed by atoms with van der Waals surface area (Å²) in [6.45, 7) is 0. The minimum atomic E-state index is -4.62. The molecule has 0 aromatic heterocycles. The van der Waals surface area contributed by atoms with Crippen LogP contribution in [0.1, 0.15) is 30.7 Å². The molecular weight excluding hydrogens is 297 g/mol. The molecule has 0 radical (unpaired) electrons. The van der Waals surface area contributed by atoms with E-state index in [9.17, 15) is 13.2 Å². The molecule has 0 aliphatic heterocycles. The Kier molecular flexibility index (Phi) is 3.66. The highest BCUT2D eigenvalue weighted by Gasteiger charge is 2.32. The van der Waals surface area contributed by atoms with Gasteiger partial charge in [0.15, 0.2) is 0 Å². The van der Waals surface area contributed by atoms with E-state index in [1.54, 1.807) is 6.07 Å². The summed E-state index contributed by atoms with van der Waals surface area (Å²) in [6.07, 6.45) is -1.45. The maximum Gasteiger partial charge on any atom is 0.573 e. The summed E-state index contributed by atoms with van der Waals surface area (Å²) in [7, 11) is 0. The van der Waals surface area contributed by atoms with Crippen LogP contribution in [0, 0.1) is 0 Å². The lowest BCUT2D eigenvalue weighted by molar-refractivity contribution is -0.274. The summed E-state index contributed by atoms with van der Waals surface area (Å²) in [5.41, 5.74) is 0.908. The fourth-order valence-corrected chi connectivity index (χ4v) is 3.13. The summed E-state index contributed by atoms with van der Waals surface area (Å²) in [5.74, 6) is 0.147. The van der Waals surface area contributed by atoms with Crippen LogP contribution in [-0.2, 0) is 0 Å². The highest BCUT2D eigenvalue weighted by Crippen LogP contribution is 2.40. The highest BCUT2D eigenvalue weighted by molar-refractivity contribution is 9.09. The molecule has 94 valence electrons. The van der Waals surface area contributed by atoms with Crippen LogP contribution < -0.4 is 4.74 Å². The highest BCUT2D eigenvalue weighted by atomic mass is 79.9. The Balaban J connectivity index is 2.16. The van der Waals surface area contributed by atoms with Crippen LogP contribution in [-0.4, -0.2) is 11.2 Å². The Labute approximate surface area is 106 Å². The molecule has 1 aliphatic rings. The lowest BCUT2D eigenvalue weighted by atomic mass is 9.97. The molecule has 1 aliphatic carbocycles. The lowest BCUT2D eigenvalue weighted by Crippen LogP contribution is -2.17. The Morgan fingerprint density at radius 1 is 1.24 bits per heavy atom. The summed E-state index contributed by atoms with van der Waals surface area (Å²) in [4.78, 5) is 0.351. The third-order valence-corrected chi connectivity index (χ3v) is 4.05. The third kappa shape index (κ3) is 3.37. The zero-order valence-corrected chi connectivity index (χ0v) is 10.6. The average molecular weight is 309 g/mol. The van der Waals surface area contributed by atoms with Gasteiger partial charge in [0, 0.05) is 4.83 Å². The van der Waals surface area contributed by atoms with Gasteiger partial charge in [-0.25, -0.2) is 0 Å². The molecule has 0 saturated heterocycles. The molecule has 0 amide bonds. The van der Waals surface area contributed by atoms with Crippen molar-refractivity contribution in [1.82, 2.24) is 0 Å². The lowest BCUT2D eigenvalue weighted by Gasteiger charge is -2.16. The van der Waals surface area contributed by atoms with Crippen LogP contribution in [0.2, 0.25) is 0 Å². The smallest absolute Gasteiger partial charge is 0.406 e. The molecule has 2 unspecified atom stereocenters. The molecule has 0 heterocycles. The quantitative estimate of drug-likeness (QED) is 0.725. The summed E-state index contributed by atoms with van der Waals surface area (Å²) in [6, 6.07) is 6.27. The second kappa shape index (κ2) is 4.88. The number of hydrogen-bond acceptors (Lipinski definition) is 1. The van der Waals surface area contributed by atoms with Gasteiger partial charge >= 0.3 is 6.36 Å². The number of ether oxygens (including phenoxy) is 1. The first-order valence-electron chi connectivity index (χ1n) is 5.45. The van der Waals surface area contributed by atoms with Crippen molar-refractivity contribution in [2.24, 2.45) is 0 Å². The number of rotatable bonds is 2. The Morgan fingerprint density at radius 3 is 2.59 bits per heavy atom. The molecular formula is C12H12BrF3O. The summed E-state index contributed by atoms with van der Waals surface area (Å²) >= 11 is 3.56. The Morgan fingerprint density at radius 2 is 2.00 bits per heavy atom. The molecule has 1 aromatic rings. The molecule has 5 heteroatoms. The monoisotopic (exact) mass is 308 g/mol. The maximum atomic E-state index is 12.1. The van der Waals surface area contributed by atoms with E-state index in [4.69, 9.17) is 0 Å². The summed E-state index contributed by atoms with van der Waals surface area (Å²) < 4.78 is 40.2. The van der Waals surface area contributed by atoms with Crippen molar-refractivity contribution in [3.8, 4) is 5.75 Å². The van der Waals surface area contributed by atoms with Crippen molar-refractivity contribution in [3.05, 3.63) is 29.8 Å². The van der Waals surface area contributed by atoms with E-state index in [2.05, 4.69) is 20.7 Å². The fourth-order valence-electron chi connectivity index (χ4n) is 2.23. The molecule has 0 bridgehead atoms. The Hall–Kier alpha value is -0.710. The van der Waals surface area contributed by atoms with Crippen LogP contribution in [0.3, 0.4) is 0 Å². The second-order valence-corrected chi connectivity index (χ2v) is 5.35. The number of benzene rings is 1. The van der Waals surface area contributed by atoms with E-state index in [-0.39, 0.29) is 11.7 Å². The zero-order valence-electron chi connectivity index (χ0n) is 9.01. The first-order valence-corrected chi connectivity index (χ1v) is 6.37. The van der Waals surface area contributed by atoms with Crippen LogP contribution in [0.5, 0.6) is 5.75 Å². The minimum absolute atomic E-state index is 0.137. The topological polar surface area (TPSA) is 9.23 Å². The molecule has 1 saturated carbocycles. The van der Waals surface area contributed by atoms with E-state index in [1.807, 2.05) is 6.07 Å². The first-order chi connectivity index (χ1) is 7.96. The van der Waals surface area contributed by atoms with E-state index in [0.717, 1.165) is 24.8 Å². The van der Waals surface area contributed by atoms with Gasteiger partial charge in [-0.1, -0.05) is 34.5 Å². The van der Waals surface area contributed by atoms with Gasteiger partial charge in [-0.05, 0) is 36.5 Å². The van der Waals surface area contributed by atoms with Gasteiger partial charge in [0.05, 0.1) is 0 Å². The van der Waals surface area contributed by atoms with Crippen molar-refractivity contribution in [1.29, 1.82) is 0 Å². The molecule has 17 heavy (non-hydrogen) atoms. The molecule has 2 rings (SSSR count). The van der Waals surface area contributed by atoms with Crippen LogP contribution >= 0.6 is 15.9 Å². The van der Waals surface area contributed by atoms with Gasteiger partial charge in [-0.15, -0.1) is 13.2 Å². The first kappa shape index (κ1) is 12.7. The zero-order chi connectivity index (χ0) is 12.5. The van der Waals surface area contributed by atoms with Crippen molar-refractivity contribution in [2.75, 3.05) is 0 Å². The van der Waals surface area contributed by atoms with Crippen LogP contribution in [0.25, 0.3) is 0 Å². The fraction of sp³-hybridized carbons (Fsp3) is 0.500. The largest absolute Gasteiger partial charge is 0.573 e. The predicted octanol–water partition coefficient (Wildman–Crippen LogP) is 4.62. The average Bonchev–Trinajstić information content (AvgIpc) is 2.62. The Bertz CT molecular complexity index is 392. The van der Waals surface area contributed by atoms with Gasteiger partial charge in [0.25, 0.3) is 0 Å². The van der Waals surface area contributed by atoms with Crippen molar-refractivity contribution < 1.29 is 17.9 Å². The van der Waals surface area contributed by atoms with Gasteiger partial charge in [0.1, 0.15) is 5.75 Å². The van der Waals surface area contributed by atoms with Crippen molar-refractivity contribution >= 4 is 15.9 Å². The molecule has 2 atom stereocenters. The predicted molar refractivity (Wildman–Crippen MR) is 62.4 cm³/mol. The van der Waals surface area contributed by atoms with E-state index in [1.165, 1.54) is 12.1 Å². The SMILES string of the molecule is FC(F)(F)Oc1cccc(C2CCCC2Br)c1. The number of hydrogen-bond donors (Lipinski definition) is 0.